The van der Waals surface area contributed by atoms with Crippen LogP contribution in [0.15, 0.2) is 24.3 Å². The fraction of sp³-hybridized carbons (Fsp3) is 0.632. The van der Waals surface area contributed by atoms with Crippen LogP contribution in [0.25, 0.3) is 0 Å². The van der Waals surface area contributed by atoms with Crippen molar-refractivity contribution >= 4 is 5.91 Å². The van der Waals surface area contributed by atoms with Crippen molar-refractivity contribution in [3.8, 4) is 5.75 Å². The number of hydrogen-bond donors (Lipinski definition) is 0. The van der Waals surface area contributed by atoms with Crippen molar-refractivity contribution in [1.82, 2.24) is 9.80 Å². The number of rotatable bonds is 5. The van der Waals surface area contributed by atoms with E-state index >= 15 is 0 Å². The highest BCUT2D eigenvalue weighted by atomic mass is 16.5. The summed E-state index contributed by atoms with van der Waals surface area (Å²) in [5.74, 6) is 1.30. The molecule has 0 aliphatic carbocycles. The van der Waals surface area contributed by atoms with Gasteiger partial charge in [-0.3, -0.25) is 9.69 Å². The van der Waals surface area contributed by atoms with Crippen molar-refractivity contribution in [2.24, 2.45) is 0 Å². The van der Waals surface area contributed by atoms with Crippen LogP contribution in [0.4, 0.5) is 0 Å². The highest BCUT2D eigenvalue weighted by Gasteiger charge is 2.30. The van der Waals surface area contributed by atoms with Crippen LogP contribution in [0.2, 0.25) is 0 Å². The lowest BCUT2D eigenvalue weighted by molar-refractivity contribution is -0.130. The fourth-order valence-corrected chi connectivity index (χ4v) is 3.65. The molecule has 1 aromatic rings. The van der Waals surface area contributed by atoms with Crippen LogP contribution in [0.3, 0.4) is 0 Å². The molecular weight excluding hydrogens is 288 g/mol. The van der Waals surface area contributed by atoms with Gasteiger partial charge in [0.05, 0.1) is 6.10 Å². The van der Waals surface area contributed by atoms with Crippen LogP contribution >= 0.6 is 0 Å². The van der Waals surface area contributed by atoms with Crippen LogP contribution in [0, 0.1) is 0 Å². The first kappa shape index (κ1) is 16.3. The summed E-state index contributed by atoms with van der Waals surface area (Å²) < 4.78 is 5.69. The topological polar surface area (TPSA) is 32.8 Å². The predicted molar refractivity (Wildman–Crippen MR) is 91.5 cm³/mol. The maximum absolute atomic E-state index is 11.9. The third kappa shape index (κ3) is 4.25. The van der Waals surface area contributed by atoms with Crippen LogP contribution in [0.1, 0.15) is 45.1 Å². The molecule has 1 amide bonds. The van der Waals surface area contributed by atoms with Gasteiger partial charge in [-0.05, 0) is 50.8 Å². The third-order valence-electron chi connectivity index (χ3n) is 4.81. The molecule has 0 N–H and O–H groups in total. The molecule has 0 bridgehead atoms. The molecule has 4 nitrogen and oxygen atoms in total. The number of amides is 1. The van der Waals surface area contributed by atoms with Gasteiger partial charge in [0.25, 0.3) is 0 Å². The molecule has 0 aromatic heterocycles. The van der Waals surface area contributed by atoms with E-state index in [0.717, 1.165) is 57.6 Å². The largest absolute Gasteiger partial charge is 0.491 e. The Morgan fingerprint density at radius 1 is 1.13 bits per heavy atom. The van der Waals surface area contributed by atoms with Gasteiger partial charge in [-0.2, -0.15) is 0 Å². The monoisotopic (exact) mass is 316 g/mol. The highest BCUT2D eigenvalue weighted by Crippen LogP contribution is 2.23. The lowest BCUT2D eigenvalue weighted by Crippen LogP contribution is -2.45. The summed E-state index contributed by atoms with van der Waals surface area (Å²) in [5.41, 5.74) is 1.33. The number of piperidine rings is 1. The first-order valence-corrected chi connectivity index (χ1v) is 8.89. The van der Waals surface area contributed by atoms with Gasteiger partial charge in [0.15, 0.2) is 0 Å². The highest BCUT2D eigenvalue weighted by molar-refractivity contribution is 5.78. The van der Waals surface area contributed by atoms with E-state index in [2.05, 4.69) is 34.1 Å². The molecule has 0 radical (unpaired) electrons. The number of likely N-dealkylation sites (tertiary alicyclic amines) is 2. The quantitative estimate of drug-likeness (QED) is 0.837. The van der Waals surface area contributed by atoms with E-state index < -0.39 is 0 Å². The molecule has 2 saturated heterocycles. The smallest absolute Gasteiger partial charge is 0.222 e. The lowest BCUT2D eigenvalue weighted by Gasteiger charge is -2.36. The van der Waals surface area contributed by atoms with Gasteiger partial charge in [0, 0.05) is 38.6 Å². The second-order valence-corrected chi connectivity index (χ2v) is 7.01. The van der Waals surface area contributed by atoms with Crippen molar-refractivity contribution in [2.45, 2.75) is 58.2 Å². The molecule has 4 heteroatoms. The van der Waals surface area contributed by atoms with Gasteiger partial charge < -0.3 is 9.64 Å². The summed E-state index contributed by atoms with van der Waals surface area (Å²) in [4.78, 5) is 16.5. The summed E-state index contributed by atoms with van der Waals surface area (Å²) in [6, 6.07) is 8.92. The zero-order valence-electron chi connectivity index (χ0n) is 14.3. The van der Waals surface area contributed by atoms with E-state index in [-0.39, 0.29) is 6.10 Å². The molecule has 0 saturated carbocycles. The zero-order chi connectivity index (χ0) is 16.2. The van der Waals surface area contributed by atoms with Gasteiger partial charge in [-0.15, -0.1) is 0 Å². The number of hydrogen-bond acceptors (Lipinski definition) is 3. The number of carbonyl (C=O) groups excluding carboxylic acids is 1. The Morgan fingerprint density at radius 3 is 2.39 bits per heavy atom. The maximum Gasteiger partial charge on any atom is 0.222 e. The second-order valence-electron chi connectivity index (χ2n) is 7.01. The normalized spacial score (nSPS) is 20.5. The predicted octanol–water partition coefficient (Wildman–Crippen LogP) is 3.06. The van der Waals surface area contributed by atoms with Crippen molar-refractivity contribution in [3.63, 3.8) is 0 Å². The molecule has 2 aliphatic rings. The average Bonchev–Trinajstić information content (AvgIpc) is 2.96. The Kier molecular flexibility index (Phi) is 5.21. The van der Waals surface area contributed by atoms with Crippen molar-refractivity contribution in [1.29, 1.82) is 0 Å². The molecule has 0 spiro atoms. The maximum atomic E-state index is 11.9. The molecule has 0 atom stereocenters. The van der Waals surface area contributed by atoms with Crippen LogP contribution < -0.4 is 4.74 Å². The van der Waals surface area contributed by atoms with Crippen LogP contribution in [-0.2, 0) is 11.3 Å². The summed E-state index contributed by atoms with van der Waals surface area (Å²) >= 11 is 0. The lowest BCUT2D eigenvalue weighted by atomic mass is 10.0. The third-order valence-corrected chi connectivity index (χ3v) is 4.81. The molecule has 126 valence electrons. The van der Waals surface area contributed by atoms with Crippen molar-refractivity contribution in [3.05, 3.63) is 29.8 Å². The Labute approximate surface area is 139 Å². The first-order chi connectivity index (χ1) is 11.1. The first-order valence-electron chi connectivity index (χ1n) is 8.89. The Balaban J connectivity index is 1.47. The van der Waals surface area contributed by atoms with Gasteiger partial charge in [0.2, 0.25) is 5.91 Å². The molecule has 2 heterocycles. The minimum Gasteiger partial charge on any atom is -0.491 e. The van der Waals surface area contributed by atoms with Crippen molar-refractivity contribution in [2.75, 3.05) is 19.6 Å². The van der Waals surface area contributed by atoms with E-state index in [9.17, 15) is 4.79 Å². The number of benzene rings is 1. The molecule has 2 aliphatic heterocycles. The van der Waals surface area contributed by atoms with Gasteiger partial charge >= 0.3 is 0 Å². The minimum absolute atomic E-state index is 0.216. The molecular formula is C19H28N2O2. The molecule has 1 aromatic carbocycles. The molecule has 3 rings (SSSR count). The summed E-state index contributed by atoms with van der Waals surface area (Å²) in [6.45, 7) is 8.22. The number of ether oxygens (including phenoxy) is 1. The fourth-order valence-electron chi connectivity index (χ4n) is 3.65. The Bertz CT molecular complexity index is 519. The molecule has 2 fully saturated rings. The second kappa shape index (κ2) is 7.35. The minimum atomic E-state index is 0.216. The summed E-state index contributed by atoms with van der Waals surface area (Å²) in [6.07, 6.45) is 4.24. The van der Waals surface area contributed by atoms with E-state index in [1.54, 1.807) is 0 Å². The SMILES string of the molecule is CC(C)Oc1ccc(CN2CCC(N3CCCC3=O)CC2)cc1. The van der Waals surface area contributed by atoms with Gasteiger partial charge in [0.1, 0.15) is 5.75 Å². The van der Waals surface area contributed by atoms with E-state index in [4.69, 9.17) is 4.74 Å². The Hall–Kier alpha value is -1.55. The van der Waals surface area contributed by atoms with Crippen LogP contribution in [0.5, 0.6) is 5.75 Å². The number of carbonyl (C=O) groups is 1. The zero-order valence-corrected chi connectivity index (χ0v) is 14.3. The average molecular weight is 316 g/mol. The van der Waals surface area contributed by atoms with E-state index in [0.29, 0.717) is 11.9 Å². The van der Waals surface area contributed by atoms with Crippen molar-refractivity contribution < 1.29 is 9.53 Å². The molecule has 0 unspecified atom stereocenters. The number of nitrogens with zero attached hydrogens (tertiary/aromatic N) is 2. The van der Waals surface area contributed by atoms with E-state index in [1.807, 2.05) is 13.8 Å². The summed E-state index contributed by atoms with van der Waals surface area (Å²) in [7, 11) is 0. The standard InChI is InChI=1S/C19H28N2O2/c1-15(2)23-18-7-5-16(6-8-18)14-20-12-9-17(10-13-20)21-11-3-4-19(21)22/h5-8,15,17H,3-4,9-14H2,1-2H3. The summed E-state index contributed by atoms with van der Waals surface area (Å²) in [5, 5.41) is 0. The van der Waals surface area contributed by atoms with Crippen LogP contribution in [-0.4, -0.2) is 47.5 Å². The van der Waals surface area contributed by atoms with E-state index in [1.165, 1.54) is 5.56 Å². The van der Waals surface area contributed by atoms with Gasteiger partial charge in [-0.1, -0.05) is 12.1 Å². The Morgan fingerprint density at radius 2 is 1.83 bits per heavy atom. The molecule has 23 heavy (non-hydrogen) atoms. The van der Waals surface area contributed by atoms with Gasteiger partial charge in [-0.25, -0.2) is 0 Å².